The summed E-state index contributed by atoms with van der Waals surface area (Å²) in [4.78, 5) is 26.6. The van der Waals surface area contributed by atoms with E-state index in [0.29, 0.717) is 24.4 Å². The molecule has 0 radical (unpaired) electrons. The van der Waals surface area contributed by atoms with Crippen molar-refractivity contribution in [2.75, 3.05) is 18.8 Å². The quantitative estimate of drug-likeness (QED) is 0.638. The van der Waals surface area contributed by atoms with Gasteiger partial charge >= 0.3 is 0 Å². The van der Waals surface area contributed by atoms with Gasteiger partial charge in [0, 0.05) is 18.7 Å². The molecule has 0 unspecified atom stereocenters. The lowest BCUT2D eigenvalue weighted by molar-refractivity contribution is -0.128. The van der Waals surface area contributed by atoms with E-state index in [4.69, 9.17) is 0 Å². The normalized spacial score (nSPS) is 16.4. The van der Waals surface area contributed by atoms with Gasteiger partial charge in [-0.15, -0.1) is 11.8 Å². The first-order valence-electron chi connectivity index (χ1n) is 10.0. The standard InChI is InChI=1S/C23H28N2O2S/c1-2-3-7-15-24-22(27)19-10-12-20(13-11-19)23-25(21(26)17-28-23)16-14-18-8-5-4-6-9-18/h4-6,8-13,23H,2-3,7,14-17H2,1H3,(H,24,27)/t23-/m0/s1. The SMILES string of the molecule is CCCCCNC(=O)c1ccc([C@@H]2SCC(=O)N2CCc2ccccc2)cc1. The number of benzene rings is 2. The number of carbonyl (C=O) groups is 2. The fourth-order valence-electron chi connectivity index (χ4n) is 3.34. The van der Waals surface area contributed by atoms with E-state index in [1.807, 2.05) is 47.4 Å². The summed E-state index contributed by atoms with van der Waals surface area (Å²) >= 11 is 1.66. The molecule has 0 aromatic heterocycles. The van der Waals surface area contributed by atoms with Crippen LogP contribution in [0.3, 0.4) is 0 Å². The zero-order valence-corrected chi connectivity index (χ0v) is 17.2. The fraction of sp³-hybridized carbons (Fsp3) is 0.391. The van der Waals surface area contributed by atoms with Gasteiger partial charge in [-0.2, -0.15) is 0 Å². The van der Waals surface area contributed by atoms with E-state index < -0.39 is 0 Å². The highest BCUT2D eigenvalue weighted by molar-refractivity contribution is 8.00. The predicted molar refractivity (Wildman–Crippen MR) is 115 cm³/mol. The summed E-state index contributed by atoms with van der Waals surface area (Å²) in [6.45, 7) is 3.57. The van der Waals surface area contributed by atoms with Crippen LogP contribution in [0, 0.1) is 0 Å². The lowest BCUT2D eigenvalue weighted by atomic mass is 10.1. The molecule has 1 N–H and O–H groups in total. The van der Waals surface area contributed by atoms with Crippen molar-refractivity contribution in [1.82, 2.24) is 10.2 Å². The Kier molecular flexibility index (Phi) is 7.54. The predicted octanol–water partition coefficient (Wildman–Crippen LogP) is 4.42. The Labute approximate surface area is 171 Å². The summed E-state index contributed by atoms with van der Waals surface area (Å²) in [5.41, 5.74) is 2.98. The lowest BCUT2D eigenvalue weighted by Crippen LogP contribution is -2.30. The Morgan fingerprint density at radius 1 is 1.11 bits per heavy atom. The molecule has 1 atom stereocenters. The van der Waals surface area contributed by atoms with Gasteiger partial charge in [-0.25, -0.2) is 0 Å². The Bertz CT molecular complexity index is 777. The van der Waals surface area contributed by atoms with Crippen LogP contribution >= 0.6 is 11.8 Å². The van der Waals surface area contributed by atoms with Gasteiger partial charge in [0.2, 0.25) is 5.91 Å². The van der Waals surface area contributed by atoms with Crippen molar-refractivity contribution >= 4 is 23.6 Å². The van der Waals surface area contributed by atoms with Crippen LogP contribution in [-0.4, -0.2) is 35.6 Å². The van der Waals surface area contributed by atoms with Crippen LogP contribution in [0.25, 0.3) is 0 Å². The first-order chi connectivity index (χ1) is 13.7. The maximum Gasteiger partial charge on any atom is 0.251 e. The van der Waals surface area contributed by atoms with E-state index in [0.717, 1.165) is 31.2 Å². The zero-order chi connectivity index (χ0) is 19.8. The molecular weight excluding hydrogens is 368 g/mol. The highest BCUT2D eigenvalue weighted by Gasteiger charge is 2.32. The molecule has 1 saturated heterocycles. The monoisotopic (exact) mass is 396 g/mol. The molecule has 28 heavy (non-hydrogen) atoms. The summed E-state index contributed by atoms with van der Waals surface area (Å²) in [5, 5.41) is 2.99. The Morgan fingerprint density at radius 2 is 1.86 bits per heavy atom. The molecule has 0 bridgehead atoms. The van der Waals surface area contributed by atoms with Crippen molar-refractivity contribution in [3.8, 4) is 0 Å². The van der Waals surface area contributed by atoms with Gasteiger partial charge in [-0.1, -0.05) is 62.2 Å². The molecule has 148 valence electrons. The first-order valence-corrected chi connectivity index (χ1v) is 11.1. The maximum atomic E-state index is 12.4. The molecule has 1 fully saturated rings. The summed E-state index contributed by atoms with van der Waals surface area (Å²) in [5.74, 6) is 0.668. The minimum absolute atomic E-state index is 0.0258. The molecule has 0 spiro atoms. The van der Waals surface area contributed by atoms with Crippen LogP contribution in [0.15, 0.2) is 54.6 Å². The molecular formula is C23H28N2O2S. The number of nitrogens with one attached hydrogen (secondary N) is 1. The number of amides is 2. The van der Waals surface area contributed by atoms with Crippen LogP contribution in [0.1, 0.15) is 53.0 Å². The molecule has 4 nitrogen and oxygen atoms in total. The number of nitrogens with zero attached hydrogens (tertiary/aromatic N) is 1. The summed E-state index contributed by atoms with van der Waals surface area (Å²) in [7, 11) is 0. The van der Waals surface area contributed by atoms with Gasteiger partial charge < -0.3 is 10.2 Å². The van der Waals surface area contributed by atoms with Gasteiger partial charge in [0.25, 0.3) is 5.91 Å². The number of thioether (sulfide) groups is 1. The second-order valence-electron chi connectivity index (χ2n) is 7.07. The molecule has 2 amide bonds. The molecule has 2 aromatic rings. The van der Waals surface area contributed by atoms with Crippen LogP contribution < -0.4 is 5.32 Å². The van der Waals surface area contributed by atoms with Crippen LogP contribution in [0.5, 0.6) is 0 Å². The molecule has 1 aliphatic rings. The number of hydrogen-bond donors (Lipinski definition) is 1. The number of carbonyl (C=O) groups excluding carboxylic acids is 2. The van der Waals surface area contributed by atoms with Gasteiger partial charge in [-0.3, -0.25) is 9.59 Å². The second kappa shape index (κ2) is 10.3. The Morgan fingerprint density at radius 3 is 2.57 bits per heavy atom. The van der Waals surface area contributed by atoms with Crippen molar-refractivity contribution in [3.63, 3.8) is 0 Å². The van der Waals surface area contributed by atoms with Crippen molar-refractivity contribution < 1.29 is 9.59 Å². The largest absolute Gasteiger partial charge is 0.352 e. The topological polar surface area (TPSA) is 49.4 Å². The van der Waals surface area contributed by atoms with Crippen molar-refractivity contribution in [2.24, 2.45) is 0 Å². The van der Waals surface area contributed by atoms with E-state index >= 15 is 0 Å². The Balaban J connectivity index is 1.60. The summed E-state index contributed by atoms with van der Waals surface area (Å²) < 4.78 is 0. The van der Waals surface area contributed by atoms with E-state index in [1.54, 1.807) is 11.8 Å². The van der Waals surface area contributed by atoms with E-state index in [-0.39, 0.29) is 17.2 Å². The third kappa shape index (κ3) is 5.38. The minimum atomic E-state index is -0.0289. The van der Waals surface area contributed by atoms with E-state index in [9.17, 15) is 9.59 Å². The van der Waals surface area contributed by atoms with Crippen molar-refractivity contribution in [1.29, 1.82) is 0 Å². The van der Waals surface area contributed by atoms with Crippen LogP contribution in [0.2, 0.25) is 0 Å². The van der Waals surface area contributed by atoms with Gasteiger partial charge in [0.05, 0.1) is 5.75 Å². The summed E-state index contributed by atoms with van der Waals surface area (Å²) in [6, 6.07) is 17.9. The van der Waals surface area contributed by atoms with Crippen LogP contribution in [-0.2, 0) is 11.2 Å². The molecule has 0 saturated carbocycles. The molecule has 1 heterocycles. The number of rotatable bonds is 9. The number of hydrogen-bond acceptors (Lipinski definition) is 3. The van der Waals surface area contributed by atoms with Crippen LogP contribution in [0.4, 0.5) is 0 Å². The molecule has 2 aromatic carbocycles. The second-order valence-corrected chi connectivity index (χ2v) is 8.14. The third-order valence-corrected chi connectivity index (χ3v) is 6.23. The molecule has 1 aliphatic heterocycles. The zero-order valence-electron chi connectivity index (χ0n) is 16.4. The average molecular weight is 397 g/mol. The minimum Gasteiger partial charge on any atom is -0.352 e. The number of unbranched alkanes of at least 4 members (excludes halogenated alkanes) is 2. The lowest BCUT2D eigenvalue weighted by Gasteiger charge is -2.24. The van der Waals surface area contributed by atoms with Gasteiger partial charge in [0.15, 0.2) is 0 Å². The summed E-state index contributed by atoms with van der Waals surface area (Å²) in [6.07, 6.45) is 4.13. The third-order valence-electron chi connectivity index (χ3n) is 4.98. The van der Waals surface area contributed by atoms with E-state index in [2.05, 4.69) is 24.4 Å². The van der Waals surface area contributed by atoms with Gasteiger partial charge in [0.1, 0.15) is 5.37 Å². The fourth-order valence-corrected chi connectivity index (χ4v) is 4.56. The maximum absolute atomic E-state index is 12.4. The highest BCUT2D eigenvalue weighted by atomic mass is 32.2. The molecule has 5 heteroatoms. The van der Waals surface area contributed by atoms with E-state index in [1.165, 1.54) is 5.56 Å². The van der Waals surface area contributed by atoms with Crippen molar-refractivity contribution in [2.45, 2.75) is 38.0 Å². The highest BCUT2D eigenvalue weighted by Crippen LogP contribution is 2.38. The smallest absolute Gasteiger partial charge is 0.251 e. The Hall–Kier alpha value is -2.27. The van der Waals surface area contributed by atoms with Gasteiger partial charge in [-0.05, 0) is 36.1 Å². The first kappa shape index (κ1) is 20.5. The van der Waals surface area contributed by atoms with Crippen molar-refractivity contribution in [3.05, 3.63) is 71.3 Å². The molecule has 3 rings (SSSR count). The molecule has 0 aliphatic carbocycles. The average Bonchev–Trinajstić information content (AvgIpc) is 3.11.